The highest BCUT2D eigenvalue weighted by molar-refractivity contribution is 5.78. The summed E-state index contributed by atoms with van der Waals surface area (Å²) in [6.45, 7) is 1.92. The van der Waals surface area contributed by atoms with E-state index in [2.05, 4.69) is 0 Å². The Hall–Kier alpha value is -1.65. The molecule has 4 nitrogen and oxygen atoms in total. The summed E-state index contributed by atoms with van der Waals surface area (Å²) in [5.41, 5.74) is 2.09. The van der Waals surface area contributed by atoms with Crippen molar-refractivity contribution < 1.29 is 15.0 Å². The summed E-state index contributed by atoms with van der Waals surface area (Å²) < 4.78 is 0. The monoisotopic (exact) mass is 275 g/mol. The number of benzene rings is 1. The lowest BCUT2D eigenvalue weighted by Gasteiger charge is -2.29. The molecule has 108 valence electrons. The Morgan fingerprint density at radius 2 is 2.10 bits per heavy atom. The second kappa shape index (κ2) is 6.68. The molecule has 20 heavy (non-hydrogen) atoms. The fourth-order valence-corrected chi connectivity index (χ4v) is 2.56. The van der Waals surface area contributed by atoms with Crippen molar-refractivity contribution in [1.82, 2.24) is 4.90 Å². The van der Waals surface area contributed by atoms with E-state index in [1.54, 1.807) is 4.90 Å². The first-order chi connectivity index (χ1) is 9.61. The van der Waals surface area contributed by atoms with Gasteiger partial charge in [-0.05, 0) is 25.3 Å². The van der Waals surface area contributed by atoms with Gasteiger partial charge in [0.2, 0.25) is 5.91 Å². The number of nitrogens with zero attached hydrogens (tertiary/aromatic N) is 1. The molecule has 2 rings (SSSR count). The molecule has 1 aliphatic carbocycles. The molecule has 1 aliphatic rings. The third-order valence-electron chi connectivity index (χ3n) is 3.75. The number of carbonyl (C=O) groups excluding carboxylic acids is 1. The van der Waals surface area contributed by atoms with Gasteiger partial charge in [0.05, 0.1) is 12.1 Å². The summed E-state index contributed by atoms with van der Waals surface area (Å²) in [5, 5.41) is 18.7. The first-order valence-electron chi connectivity index (χ1n) is 6.93. The maximum absolute atomic E-state index is 12.0. The van der Waals surface area contributed by atoms with Crippen molar-refractivity contribution >= 4 is 5.91 Å². The van der Waals surface area contributed by atoms with Crippen LogP contribution in [0.1, 0.15) is 31.4 Å². The van der Waals surface area contributed by atoms with Crippen LogP contribution >= 0.6 is 0 Å². The van der Waals surface area contributed by atoms with E-state index in [9.17, 15) is 9.90 Å². The molecule has 0 aromatic heterocycles. The molecule has 0 aliphatic heterocycles. The van der Waals surface area contributed by atoms with Crippen LogP contribution in [0.25, 0.3) is 0 Å². The summed E-state index contributed by atoms with van der Waals surface area (Å²) in [5.74, 6) is -0.288. The normalized spacial score (nSPS) is 19.6. The van der Waals surface area contributed by atoms with E-state index < -0.39 is 6.61 Å². The number of hydrogen-bond donors (Lipinski definition) is 2. The summed E-state index contributed by atoms with van der Waals surface area (Å²) >= 11 is 0. The highest BCUT2D eigenvalue weighted by Gasteiger charge is 2.24. The molecule has 0 saturated heterocycles. The Balaban J connectivity index is 2.13. The maximum Gasteiger partial charge on any atom is 0.249 e. The lowest BCUT2D eigenvalue weighted by molar-refractivity contribution is -0.135. The Kier molecular flexibility index (Phi) is 4.93. The summed E-state index contributed by atoms with van der Waals surface area (Å²) in [4.78, 5) is 13.6. The molecule has 1 aromatic rings. The third-order valence-corrected chi connectivity index (χ3v) is 3.75. The summed E-state index contributed by atoms with van der Waals surface area (Å²) in [6, 6.07) is 9.65. The molecule has 0 unspecified atom stereocenters. The molecule has 2 atom stereocenters. The van der Waals surface area contributed by atoms with Crippen LogP contribution in [0.4, 0.5) is 0 Å². The van der Waals surface area contributed by atoms with E-state index in [1.807, 2.05) is 43.3 Å². The maximum atomic E-state index is 12.0. The lowest BCUT2D eigenvalue weighted by atomic mass is 10.1. The minimum Gasteiger partial charge on any atom is -0.392 e. The minimum absolute atomic E-state index is 0.102. The van der Waals surface area contributed by atoms with E-state index in [0.29, 0.717) is 19.4 Å². The quantitative estimate of drug-likeness (QED) is 0.803. The number of aliphatic hydroxyl groups excluding tert-OH is 2. The molecule has 1 amide bonds. The van der Waals surface area contributed by atoms with Crippen LogP contribution in [0.5, 0.6) is 0 Å². The van der Waals surface area contributed by atoms with Gasteiger partial charge in [0.15, 0.2) is 0 Å². The summed E-state index contributed by atoms with van der Waals surface area (Å²) in [6.07, 6.45) is 2.91. The first kappa shape index (κ1) is 14.8. The van der Waals surface area contributed by atoms with Gasteiger partial charge in [-0.15, -0.1) is 0 Å². The highest BCUT2D eigenvalue weighted by Crippen LogP contribution is 2.25. The standard InChI is InChI=1S/C16H21NO3/c1-12(14-5-3-2-4-6-14)17(16(20)11-18)10-13-7-8-15(19)9-13/h2-7,12,15,18-19H,8-11H2,1H3/t12-,15-/m0/s1. The van der Waals surface area contributed by atoms with E-state index >= 15 is 0 Å². The fourth-order valence-electron chi connectivity index (χ4n) is 2.56. The van der Waals surface area contributed by atoms with Crippen LogP contribution in [0.2, 0.25) is 0 Å². The smallest absolute Gasteiger partial charge is 0.249 e. The molecule has 1 aromatic carbocycles. The zero-order valence-electron chi connectivity index (χ0n) is 11.7. The Bertz CT molecular complexity index is 484. The summed E-state index contributed by atoms with van der Waals surface area (Å²) in [7, 11) is 0. The van der Waals surface area contributed by atoms with Gasteiger partial charge >= 0.3 is 0 Å². The largest absolute Gasteiger partial charge is 0.392 e. The molecule has 0 bridgehead atoms. The third kappa shape index (κ3) is 3.46. The molecule has 0 spiro atoms. The molecule has 0 heterocycles. The zero-order chi connectivity index (χ0) is 14.5. The van der Waals surface area contributed by atoms with Crippen molar-refractivity contribution in [3.8, 4) is 0 Å². The van der Waals surface area contributed by atoms with E-state index in [-0.39, 0.29) is 18.1 Å². The van der Waals surface area contributed by atoms with Gasteiger partial charge in [0.1, 0.15) is 6.61 Å². The number of carbonyl (C=O) groups is 1. The lowest BCUT2D eigenvalue weighted by Crippen LogP contribution is -2.37. The van der Waals surface area contributed by atoms with Gasteiger partial charge in [0, 0.05) is 6.54 Å². The minimum atomic E-state index is -0.493. The molecule has 0 radical (unpaired) electrons. The molecular weight excluding hydrogens is 254 g/mol. The topological polar surface area (TPSA) is 60.8 Å². The molecule has 0 saturated carbocycles. The van der Waals surface area contributed by atoms with Crippen molar-refractivity contribution in [2.24, 2.45) is 0 Å². The van der Waals surface area contributed by atoms with Crippen LogP contribution < -0.4 is 0 Å². The Morgan fingerprint density at radius 1 is 1.40 bits per heavy atom. The average molecular weight is 275 g/mol. The van der Waals surface area contributed by atoms with Gasteiger partial charge in [-0.2, -0.15) is 0 Å². The number of rotatable bonds is 5. The van der Waals surface area contributed by atoms with Crippen LogP contribution in [0.3, 0.4) is 0 Å². The zero-order valence-corrected chi connectivity index (χ0v) is 11.7. The average Bonchev–Trinajstić information content (AvgIpc) is 2.89. The number of aliphatic hydroxyl groups is 2. The van der Waals surface area contributed by atoms with Crippen molar-refractivity contribution in [2.75, 3.05) is 13.2 Å². The highest BCUT2D eigenvalue weighted by atomic mass is 16.3. The van der Waals surface area contributed by atoms with Crippen LogP contribution in [-0.2, 0) is 4.79 Å². The van der Waals surface area contributed by atoms with E-state index in [0.717, 1.165) is 11.1 Å². The van der Waals surface area contributed by atoms with Gasteiger partial charge in [-0.1, -0.05) is 42.0 Å². The van der Waals surface area contributed by atoms with Crippen molar-refractivity contribution in [3.63, 3.8) is 0 Å². The van der Waals surface area contributed by atoms with E-state index in [4.69, 9.17) is 5.11 Å². The predicted molar refractivity (Wildman–Crippen MR) is 77.0 cm³/mol. The number of amides is 1. The van der Waals surface area contributed by atoms with Crippen LogP contribution in [0.15, 0.2) is 42.0 Å². The molecule has 4 heteroatoms. The van der Waals surface area contributed by atoms with E-state index in [1.165, 1.54) is 0 Å². The Morgan fingerprint density at radius 3 is 2.65 bits per heavy atom. The first-order valence-corrected chi connectivity index (χ1v) is 6.93. The van der Waals surface area contributed by atoms with Crippen molar-refractivity contribution in [2.45, 2.75) is 31.9 Å². The second-order valence-corrected chi connectivity index (χ2v) is 5.22. The van der Waals surface area contributed by atoms with Crippen LogP contribution in [-0.4, -0.2) is 40.3 Å². The van der Waals surface area contributed by atoms with Gasteiger partial charge < -0.3 is 15.1 Å². The van der Waals surface area contributed by atoms with Crippen LogP contribution in [0, 0.1) is 0 Å². The van der Waals surface area contributed by atoms with Gasteiger partial charge in [-0.3, -0.25) is 4.79 Å². The molecular formula is C16H21NO3. The number of hydrogen-bond acceptors (Lipinski definition) is 3. The van der Waals surface area contributed by atoms with Crippen molar-refractivity contribution in [3.05, 3.63) is 47.5 Å². The van der Waals surface area contributed by atoms with Gasteiger partial charge in [-0.25, -0.2) is 0 Å². The predicted octanol–water partition coefficient (Wildman–Crippen LogP) is 1.65. The molecule has 2 N–H and O–H groups in total. The van der Waals surface area contributed by atoms with Gasteiger partial charge in [0.25, 0.3) is 0 Å². The Labute approximate surface area is 119 Å². The molecule has 0 fully saturated rings. The van der Waals surface area contributed by atoms with Crippen molar-refractivity contribution in [1.29, 1.82) is 0 Å². The second-order valence-electron chi connectivity index (χ2n) is 5.22. The fraction of sp³-hybridized carbons (Fsp3) is 0.438. The SMILES string of the molecule is C[C@@H](c1ccccc1)N(CC1=CC[C@H](O)C1)C(=O)CO.